The van der Waals surface area contributed by atoms with Gasteiger partial charge in [0.25, 0.3) is 0 Å². The fourth-order valence-corrected chi connectivity index (χ4v) is 3.47. The standard InChI is InChI=1S/C20H26N6O2/c1-27-16-2-4-17(5-3-16)28-13-11-21-10-12-26-20-19(23-8-9-24-20)18(25-26)15-6-7-22-14-15/h2-5,8-9,15,21-22H,6-7,10-14H2,1H3/t15-/m0/s1. The molecule has 2 N–H and O–H groups in total. The Morgan fingerprint density at radius 3 is 2.75 bits per heavy atom. The predicted octanol–water partition coefficient (Wildman–Crippen LogP) is 1.58. The van der Waals surface area contributed by atoms with Gasteiger partial charge in [-0.05, 0) is 37.2 Å². The first-order chi connectivity index (χ1) is 13.8. The number of methoxy groups -OCH3 is 1. The lowest BCUT2D eigenvalue weighted by atomic mass is 10.0. The maximum atomic E-state index is 5.73. The lowest BCUT2D eigenvalue weighted by Crippen LogP contribution is -2.25. The van der Waals surface area contributed by atoms with Gasteiger partial charge >= 0.3 is 0 Å². The molecule has 1 aromatic carbocycles. The second-order valence-electron chi connectivity index (χ2n) is 6.80. The van der Waals surface area contributed by atoms with Crippen LogP contribution in [-0.4, -0.2) is 59.6 Å². The molecule has 0 saturated carbocycles. The molecule has 8 nitrogen and oxygen atoms in total. The maximum absolute atomic E-state index is 5.73. The summed E-state index contributed by atoms with van der Waals surface area (Å²) in [6.45, 7) is 4.90. The van der Waals surface area contributed by atoms with Gasteiger partial charge in [0, 0.05) is 37.9 Å². The summed E-state index contributed by atoms with van der Waals surface area (Å²) in [6.07, 6.45) is 4.58. The fraction of sp³-hybridized carbons (Fsp3) is 0.450. The number of hydrogen-bond acceptors (Lipinski definition) is 7. The van der Waals surface area contributed by atoms with E-state index in [1.807, 2.05) is 28.9 Å². The molecule has 28 heavy (non-hydrogen) atoms. The van der Waals surface area contributed by atoms with Crippen molar-refractivity contribution in [3.05, 3.63) is 42.4 Å². The summed E-state index contributed by atoms with van der Waals surface area (Å²) in [4.78, 5) is 9.02. The van der Waals surface area contributed by atoms with Gasteiger partial charge in [0.05, 0.1) is 19.3 Å². The second-order valence-corrected chi connectivity index (χ2v) is 6.80. The van der Waals surface area contributed by atoms with Crippen LogP contribution < -0.4 is 20.1 Å². The Labute approximate surface area is 164 Å². The highest BCUT2D eigenvalue weighted by atomic mass is 16.5. The van der Waals surface area contributed by atoms with Gasteiger partial charge in [0.2, 0.25) is 0 Å². The lowest BCUT2D eigenvalue weighted by molar-refractivity contribution is 0.312. The van der Waals surface area contributed by atoms with E-state index in [4.69, 9.17) is 14.6 Å². The van der Waals surface area contributed by atoms with Crippen molar-refractivity contribution >= 4 is 11.2 Å². The van der Waals surface area contributed by atoms with Crippen molar-refractivity contribution in [2.75, 3.05) is 39.9 Å². The topological polar surface area (TPSA) is 86.1 Å². The Bertz CT molecular complexity index is 889. The molecule has 0 unspecified atom stereocenters. The van der Waals surface area contributed by atoms with Gasteiger partial charge in [-0.15, -0.1) is 0 Å². The van der Waals surface area contributed by atoms with Gasteiger partial charge in [-0.3, -0.25) is 0 Å². The van der Waals surface area contributed by atoms with Gasteiger partial charge in [0.15, 0.2) is 5.65 Å². The van der Waals surface area contributed by atoms with Crippen LogP contribution in [0.4, 0.5) is 0 Å². The molecule has 1 aliphatic heterocycles. The van der Waals surface area contributed by atoms with Crippen molar-refractivity contribution in [3.63, 3.8) is 0 Å². The Morgan fingerprint density at radius 2 is 1.96 bits per heavy atom. The Kier molecular flexibility index (Phi) is 5.98. The molecule has 148 valence electrons. The Morgan fingerprint density at radius 1 is 1.14 bits per heavy atom. The minimum atomic E-state index is 0.423. The molecule has 0 amide bonds. The molecule has 3 aromatic rings. The minimum absolute atomic E-state index is 0.423. The van der Waals surface area contributed by atoms with Crippen LogP contribution in [0.2, 0.25) is 0 Å². The number of ether oxygens (including phenoxy) is 2. The quantitative estimate of drug-likeness (QED) is 0.544. The van der Waals surface area contributed by atoms with Crippen LogP contribution in [0.1, 0.15) is 18.0 Å². The maximum Gasteiger partial charge on any atom is 0.177 e. The largest absolute Gasteiger partial charge is 0.497 e. The number of nitrogens with one attached hydrogen (secondary N) is 2. The number of hydrogen-bond donors (Lipinski definition) is 2. The molecule has 8 heteroatoms. The molecule has 0 aliphatic carbocycles. The highest BCUT2D eigenvalue weighted by molar-refractivity contribution is 5.73. The van der Waals surface area contributed by atoms with Crippen molar-refractivity contribution in [2.45, 2.75) is 18.9 Å². The Hall–Kier alpha value is -2.71. The first-order valence-electron chi connectivity index (χ1n) is 9.71. The normalized spacial score (nSPS) is 16.5. The van der Waals surface area contributed by atoms with E-state index in [1.165, 1.54) is 0 Å². The third-order valence-corrected chi connectivity index (χ3v) is 4.95. The van der Waals surface area contributed by atoms with Crippen LogP contribution in [0, 0.1) is 0 Å². The highest BCUT2D eigenvalue weighted by Gasteiger charge is 2.24. The number of benzene rings is 1. The van der Waals surface area contributed by atoms with Gasteiger partial charge in [-0.2, -0.15) is 5.10 Å². The monoisotopic (exact) mass is 382 g/mol. The van der Waals surface area contributed by atoms with Crippen molar-refractivity contribution in [2.24, 2.45) is 0 Å². The zero-order valence-corrected chi connectivity index (χ0v) is 16.1. The SMILES string of the molecule is COc1ccc(OCCNCCn2nc([C@H]3CCNC3)c3nccnc32)cc1. The zero-order chi connectivity index (χ0) is 19.2. The van der Waals surface area contributed by atoms with E-state index < -0.39 is 0 Å². The van der Waals surface area contributed by atoms with E-state index in [2.05, 4.69) is 20.6 Å². The number of fused-ring (bicyclic) bond motifs is 1. The molecule has 1 saturated heterocycles. The molecular weight excluding hydrogens is 356 g/mol. The van der Waals surface area contributed by atoms with Gasteiger partial charge in [-0.1, -0.05) is 0 Å². The molecule has 1 aliphatic rings. The van der Waals surface area contributed by atoms with Crippen LogP contribution in [0.15, 0.2) is 36.7 Å². The predicted molar refractivity (Wildman–Crippen MR) is 107 cm³/mol. The van der Waals surface area contributed by atoms with Crippen molar-refractivity contribution in [1.82, 2.24) is 30.4 Å². The number of nitrogens with zero attached hydrogens (tertiary/aromatic N) is 4. The fourth-order valence-electron chi connectivity index (χ4n) is 3.47. The summed E-state index contributed by atoms with van der Waals surface area (Å²) in [6, 6.07) is 7.60. The highest BCUT2D eigenvalue weighted by Crippen LogP contribution is 2.26. The van der Waals surface area contributed by atoms with Gasteiger partial charge < -0.3 is 20.1 Å². The summed E-state index contributed by atoms with van der Waals surface area (Å²) in [5, 5.41) is 11.6. The van der Waals surface area contributed by atoms with E-state index in [1.54, 1.807) is 19.5 Å². The zero-order valence-electron chi connectivity index (χ0n) is 16.1. The summed E-state index contributed by atoms with van der Waals surface area (Å²) in [5.41, 5.74) is 2.86. The second kappa shape index (κ2) is 8.99. The molecule has 0 spiro atoms. The third-order valence-electron chi connectivity index (χ3n) is 4.95. The molecule has 3 heterocycles. The average Bonchev–Trinajstić information content (AvgIpc) is 3.39. The molecule has 0 radical (unpaired) electrons. The molecule has 1 atom stereocenters. The van der Waals surface area contributed by atoms with Gasteiger partial charge in [0.1, 0.15) is 23.6 Å². The van der Waals surface area contributed by atoms with Crippen molar-refractivity contribution in [1.29, 1.82) is 0 Å². The first-order valence-corrected chi connectivity index (χ1v) is 9.71. The molecular formula is C20H26N6O2. The lowest BCUT2D eigenvalue weighted by Gasteiger charge is -2.08. The molecule has 2 aromatic heterocycles. The molecule has 1 fully saturated rings. The van der Waals surface area contributed by atoms with Gasteiger partial charge in [-0.25, -0.2) is 14.6 Å². The van der Waals surface area contributed by atoms with E-state index in [-0.39, 0.29) is 0 Å². The van der Waals surface area contributed by atoms with Crippen LogP contribution in [0.25, 0.3) is 11.2 Å². The summed E-state index contributed by atoms with van der Waals surface area (Å²) < 4.78 is 12.8. The van der Waals surface area contributed by atoms with E-state index in [0.29, 0.717) is 12.5 Å². The van der Waals surface area contributed by atoms with Crippen molar-refractivity contribution < 1.29 is 9.47 Å². The summed E-state index contributed by atoms with van der Waals surface area (Å²) in [7, 11) is 1.65. The number of rotatable bonds is 9. The average molecular weight is 382 g/mol. The summed E-state index contributed by atoms with van der Waals surface area (Å²) in [5.74, 6) is 2.09. The minimum Gasteiger partial charge on any atom is -0.497 e. The number of aromatic nitrogens is 4. The van der Waals surface area contributed by atoms with Crippen LogP contribution in [0.5, 0.6) is 11.5 Å². The summed E-state index contributed by atoms with van der Waals surface area (Å²) >= 11 is 0. The molecule has 4 rings (SSSR count). The van der Waals surface area contributed by atoms with E-state index in [9.17, 15) is 0 Å². The van der Waals surface area contributed by atoms with E-state index >= 15 is 0 Å². The first kappa shape index (κ1) is 18.6. The van der Waals surface area contributed by atoms with Crippen LogP contribution in [0.3, 0.4) is 0 Å². The Balaban J connectivity index is 1.27. The van der Waals surface area contributed by atoms with Crippen molar-refractivity contribution in [3.8, 4) is 11.5 Å². The van der Waals surface area contributed by atoms with E-state index in [0.717, 1.165) is 67.5 Å². The molecule has 0 bridgehead atoms. The smallest absolute Gasteiger partial charge is 0.177 e. The van der Waals surface area contributed by atoms with Crippen LogP contribution >= 0.6 is 0 Å². The third kappa shape index (κ3) is 4.23. The van der Waals surface area contributed by atoms with Crippen LogP contribution in [-0.2, 0) is 6.54 Å².